The highest BCUT2D eigenvalue weighted by atomic mass is 16.5. The number of hydrogen-bond acceptors (Lipinski definition) is 4. The van der Waals surface area contributed by atoms with Gasteiger partial charge in [-0.15, -0.1) is 0 Å². The highest BCUT2D eigenvalue weighted by Gasteiger charge is 2.11. The van der Waals surface area contributed by atoms with Crippen molar-refractivity contribution in [1.82, 2.24) is 0 Å². The van der Waals surface area contributed by atoms with E-state index in [2.05, 4.69) is 22.4 Å². The van der Waals surface area contributed by atoms with Crippen molar-refractivity contribution in [2.75, 3.05) is 32.7 Å². The van der Waals surface area contributed by atoms with Gasteiger partial charge in [-0.05, 0) is 35.7 Å². The molecule has 0 unspecified atom stereocenters. The minimum Gasteiger partial charge on any atom is -0.493 e. The summed E-state index contributed by atoms with van der Waals surface area (Å²) in [7, 11) is 3.20. The van der Waals surface area contributed by atoms with Gasteiger partial charge in [-0.25, -0.2) is 0 Å². The second-order valence-corrected chi connectivity index (χ2v) is 5.75. The van der Waals surface area contributed by atoms with Crippen LogP contribution in [0.5, 0.6) is 17.2 Å². The van der Waals surface area contributed by atoms with Gasteiger partial charge in [0.2, 0.25) is 0 Å². The van der Waals surface area contributed by atoms with Crippen molar-refractivity contribution < 1.29 is 14.2 Å². The quantitative estimate of drug-likeness (QED) is 0.624. The lowest BCUT2D eigenvalue weighted by Crippen LogP contribution is -2.23. The monoisotopic (exact) mass is 341 g/mol. The molecule has 0 amide bonds. The van der Waals surface area contributed by atoms with Gasteiger partial charge in [0, 0.05) is 24.7 Å². The van der Waals surface area contributed by atoms with Crippen LogP contribution in [-0.4, -0.2) is 33.3 Å². The van der Waals surface area contributed by atoms with Gasteiger partial charge in [0.15, 0.2) is 17.5 Å². The Hall–Kier alpha value is -2.89. The number of guanidine groups is 1. The Morgan fingerprint density at radius 2 is 2.00 bits per heavy atom. The van der Waals surface area contributed by atoms with E-state index in [4.69, 9.17) is 19.9 Å². The molecule has 0 saturated heterocycles. The highest BCUT2D eigenvalue weighted by molar-refractivity contribution is 5.92. The van der Waals surface area contributed by atoms with Crippen LogP contribution in [0.2, 0.25) is 0 Å². The summed E-state index contributed by atoms with van der Waals surface area (Å²) in [5.74, 6) is 2.68. The third-order valence-corrected chi connectivity index (χ3v) is 4.09. The molecule has 1 heterocycles. The maximum Gasteiger partial charge on any atom is 0.193 e. The number of anilines is 1. The smallest absolute Gasteiger partial charge is 0.193 e. The van der Waals surface area contributed by atoms with Crippen LogP contribution in [-0.2, 0) is 12.8 Å². The third kappa shape index (κ3) is 4.15. The zero-order valence-electron chi connectivity index (χ0n) is 14.5. The Balaban J connectivity index is 1.57. The fourth-order valence-corrected chi connectivity index (χ4v) is 2.80. The number of ether oxygens (including phenoxy) is 3. The van der Waals surface area contributed by atoms with Crippen LogP contribution < -0.4 is 25.3 Å². The molecule has 132 valence electrons. The number of fused-ring (bicyclic) bond motifs is 1. The maximum atomic E-state index is 5.97. The summed E-state index contributed by atoms with van der Waals surface area (Å²) in [5.41, 5.74) is 9.29. The molecular weight excluding hydrogens is 318 g/mol. The molecule has 2 aromatic carbocycles. The summed E-state index contributed by atoms with van der Waals surface area (Å²) in [5, 5.41) is 3.07. The molecule has 3 N–H and O–H groups in total. The van der Waals surface area contributed by atoms with Gasteiger partial charge >= 0.3 is 0 Å². The maximum absolute atomic E-state index is 5.97. The molecule has 0 saturated carbocycles. The fourth-order valence-electron chi connectivity index (χ4n) is 2.80. The first-order chi connectivity index (χ1) is 12.2. The Morgan fingerprint density at radius 1 is 1.16 bits per heavy atom. The van der Waals surface area contributed by atoms with Crippen molar-refractivity contribution in [2.45, 2.75) is 12.8 Å². The number of hydrogen-bond donors (Lipinski definition) is 2. The van der Waals surface area contributed by atoms with Crippen LogP contribution in [0.1, 0.15) is 11.1 Å². The molecule has 0 spiro atoms. The van der Waals surface area contributed by atoms with Gasteiger partial charge in [-0.3, -0.25) is 4.99 Å². The number of rotatable bonds is 6. The van der Waals surface area contributed by atoms with Crippen LogP contribution in [0, 0.1) is 0 Å². The first-order valence-corrected chi connectivity index (χ1v) is 8.23. The molecule has 0 fully saturated rings. The lowest BCUT2D eigenvalue weighted by molar-refractivity contribution is 0.355. The SMILES string of the molecule is COc1ccc(NC(N)=NCCc2ccc3c(c2)CCO3)cc1OC. The third-order valence-electron chi connectivity index (χ3n) is 4.09. The summed E-state index contributed by atoms with van der Waals surface area (Å²) < 4.78 is 16.0. The normalized spacial score (nSPS) is 13.1. The molecule has 3 rings (SSSR count). The Labute approximate surface area is 147 Å². The Kier molecular flexibility index (Phi) is 5.28. The second-order valence-electron chi connectivity index (χ2n) is 5.75. The standard InChI is InChI=1S/C19H23N3O3/c1-23-17-6-4-15(12-18(17)24-2)22-19(20)21-9-7-13-3-5-16-14(11-13)8-10-25-16/h3-6,11-12H,7-10H2,1-2H3,(H3,20,21,22). The molecule has 6 nitrogen and oxygen atoms in total. The summed E-state index contributed by atoms with van der Waals surface area (Å²) in [6.45, 7) is 1.39. The first kappa shape index (κ1) is 17.0. The summed E-state index contributed by atoms with van der Waals surface area (Å²) in [6, 6.07) is 11.8. The van der Waals surface area contributed by atoms with E-state index in [0.29, 0.717) is 24.0 Å². The number of nitrogens with zero attached hydrogens (tertiary/aromatic N) is 1. The van der Waals surface area contributed by atoms with E-state index < -0.39 is 0 Å². The number of methoxy groups -OCH3 is 2. The van der Waals surface area contributed by atoms with E-state index in [1.54, 1.807) is 14.2 Å². The minimum absolute atomic E-state index is 0.372. The van der Waals surface area contributed by atoms with E-state index in [1.807, 2.05) is 24.3 Å². The second kappa shape index (κ2) is 7.79. The van der Waals surface area contributed by atoms with Crippen molar-refractivity contribution in [3.8, 4) is 17.2 Å². The van der Waals surface area contributed by atoms with Crippen molar-refractivity contribution in [3.05, 3.63) is 47.5 Å². The molecule has 1 aliphatic rings. The van der Waals surface area contributed by atoms with Crippen molar-refractivity contribution >= 4 is 11.6 Å². The van der Waals surface area contributed by atoms with Crippen molar-refractivity contribution in [2.24, 2.45) is 10.7 Å². The van der Waals surface area contributed by atoms with E-state index in [9.17, 15) is 0 Å². The fraction of sp³-hybridized carbons (Fsp3) is 0.316. The number of aliphatic imine (C=N–C) groups is 1. The lowest BCUT2D eigenvalue weighted by Gasteiger charge is -2.11. The van der Waals surface area contributed by atoms with E-state index in [-0.39, 0.29) is 0 Å². The van der Waals surface area contributed by atoms with Gasteiger partial charge in [0.05, 0.1) is 20.8 Å². The highest BCUT2D eigenvalue weighted by Crippen LogP contribution is 2.29. The molecule has 0 atom stereocenters. The molecule has 0 aromatic heterocycles. The Morgan fingerprint density at radius 3 is 2.80 bits per heavy atom. The topological polar surface area (TPSA) is 78.1 Å². The minimum atomic E-state index is 0.372. The van der Waals surface area contributed by atoms with Crippen LogP contribution in [0.3, 0.4) is 0 Å². The molecule has 0 radical (unpaired) electrons. The largest absolute Gasteiger partial charge is 0.493 e. The molecule has 2 aromatic rings. The van der Waals surface area contributed by atoms with Crippen LogP contribution in [0.15, 0.2) is 41.4 Å². The molecule has 0 aliphatic carbocycles. The van der Waals surface area contributed by atoms with Gasteiger partial charge in [0.1, 0.15) is 5.75 Å². The predicted molar refractivity (Wildman–Crippen MR) is 99.0 cm³/mol. The van der Waals surface area contributed by atoms with Gasteiger partial charge in [-0.2, -0.15) is 0 Å². The lowest BCUT2D eigenvalue weighted by atomic mass is 10.1. The number of benzene rings is 2. The van der Waals surface area contributed by atoms with Gasteiger partial charge < -0.3 is 25.3 Å². The van der Waals surface area contributed by atoms with E-state index in [1.165, 1.54) is 11.1 Å². The predicted octanol–water partition coefficient (Wildman–Crippen LogP) is 2.61. The molecule has 6 heteroatoms. The van der Waals surface area contributed by atoms with E-state index in [0.717, 1.165) is 30.9 Å². The molecular formula is C19H23N3O3. The summed E-state index contributed by atoms with van der Waals surface area (Å²) in [6.07, 6.45) is 1.82. The summed E-state index contributed by atoms with van der Waals surface area (Å²) >= 11 is 0. The summed E-state index contributed by atoms with van der Waals surface area (Å²) in [4.78, 5) is 4.39. The van der Waals surface area contributed by atoms with Crippen LogP contribution >= 0.6 is 0 Å². The zero-order chi connectivity index (χ0) is 17.6. The van der Waals surface area contributed by atoms with E-state index >= 15 is 0 Å². The van der Waals surface area contributed by atoms with Crippen molar-refractivity contribution in [1.29, 1.82) is 0 Å². The molecule has 25 heavy (non-hydrogen) atoms. The zero-order valence-corrected chi connectivity index (χ0v) is 14.5. The van der Waals surface area contributed by atoms with Crippen LogP contribution in [0.25, 0.3) is 0 Å². The van der Waals surface area contributed by atoms with Crippen molar-refractivity contribution in [3.63, 3.8) is 0 Å². The number of nitrogens with one attached hydrogen (secondary N) is 1. The molecule has 0 bridgehead atoms. The van der Waals surface area contributed by atoms with Crippen LogP contribution in [0.4, 0.5) is 5.69 Å². The average Bonchev–Trinajstić information content (AvgIpc) is 3.09. The van der Waals surface area contributed by atoms with Gasteiger partial charge in [-0.1, -0.05) is 12.1 Å². The average molecular weight is 341 g/mol. The molecule has 1 aliphatic heterocycles. The van der Waals surface area contributed by atoms with Gasteiger partial charge in [0.25, 0.3) is 0 Å². The number of nitrogens with two attached hydrogens (primary N) is 1. The first-order valence-electron chi connectivity index (χ1n) is 8.23. The Bertz CT molecular complexity index is 775.